The highest BCUT2D eigenvalue weighted by Crippen LogP contribution is 2.33. The second-order valence-electron chi connectivity index (χ2n) is 6.62. The number of hydrogen-bond acceptors (Lipinski definition) is 2. The highest BCUT2D eigenvalue weighted by molar-refractivity contribution is 6.13. The number of nitrogens with one attached hydrogen (secondary N) is 3. The molecular weight excluding hydrogens is 322 g/mol. The number of halogens is 1. The van der Waals surface area contributed by atoms with Gasteiger partial charge < -0.3 is 10.3 Å². The molecule has 4 nitrogen and oxygen atoms in total. The van der Waals surface area contributed by atoms with E-state index in [2.05, 4.69) is 21.7 Å². The van der Waals surface area contributed by atoms with E-state index >= 15 is 0 Å². The van der Waals surface area contributed by atoms with Crippen LogP contribution < -0.4 is 10.2 Å². The van der Waals surface area contributed by atoms with E-state index in [0.717, 1.165) is 48.7 Å². The molecule has 1 amide bonds. The fourth-order valence-corrected chi connectivity index (χ4v) is 3.93. The highest BCUT2D eigenvalue weighted by Gasteiger charge is 2.30. The van der Waals surface area contributed by atoms with Crippen LogP contribution in [0, 0.1) is 11.8 Å². The summed E-state index contributed by atoms with van der Waals surface area (Å²) in [5, 5.41) is 4.17. The van der Waals surface area contributed by atoms with Gasteiger partial charge in [-0.2, -0.15) is 0 Å². The van der Waals surface area contributed by atoms with Crippen LogP contribution in [0.15, 0.2) is 43.1 Å². The third-order valence-electron chi connectivity index (χ3n) is 5.09. The van der Waals surface area contributed by atoms with Crippen LogP contribution in [0.4, 0.5) is 5.69 Å². The minimum atomic E-state index is 0.0860. The van der Waals surface area contributed by atoms with E-state index in [4.69, 9.17) is 11.8 Å². The predicted molar refractivity (Wildman–Crippen MR) is 100.0 cm³/mol. The summed E-state index contributed by atoms with van der Waals surface area (Å²) in [5.74, 6) is 0.728. The molecule has 0 radical (unpaired) electrons. The molecule has 1 heterocycles. The molecule has 1 atom stereocenters. The largest absolute Gasteiger partial charge is 0.361 e. The van der Waals surface area contributed by atoms with E-state index in [1.165, 1.54) is 0 Å². The number of aromatic nitrogens is 1. The number of carbonyl (C=O) groups is 1. The monoisotopic (exact) mass is 345 g/mol. The molecule has 1 aromatic heterocycles. The molecule has 0 spiro atoms. The van der Waals surface area contributed by atoms with E-state index in [1.54, 1.807) is 0 Å². The van der Waals surface area contributed by atoms with Gasteiger partial charge in [-0.05, 0) is 74.1 Å². The van der Waals surface area contributed by atoms with Crippen LogP contribution in [0.5, 0.6) is 0 Å². The van der Waals surface area contributed by atoms with E-state index in [-0.39, 0.29) is 17.9 Å². The summed E-state index contributed by atoms with van der Waals surface area (Å²) >= 11 is 5.84. The van der Waals surface area contributed by atoms with Crippen molar-refractivity contribution in [3.63, 3.8) is 0 Å². The van der Waals surface area contributed by atoms with Crippen molar-refractivity contribution in [3.05, 3.63) is 43.1 Å². The summed E-state index contributed by atoms with van der Waals surface area (Å²) in [6.07, 6.45) is 8.53. The number of anilines is 1. The maximum atomic E-state index is 12.5. The number of benzene rings is 1. The Bertz CT molecular complexity index is 703. The molecule has 24 heavy (non-hydrogen) atoms. The maximum Gasteiger partial charge on any atom is 0.227 e. The first kappa shape index (κ1) is 17.1. The van der Waals surface area contributed by atoms with Crippen molar-refractivity contribution >= 4 is 34.3 Å². The third-order valence-corrected chi connectivity index (χ3v) is 5.37. The molecule has 128 valence electrons. The highest BCUT2D eigenvalue weighted by atomic mass is 35.5. The third kappa shape index (κ3) is 3.82. The molecule has 2 aromatic rings. The minimum absolute atomic E-state index is 0.0860. The van der Waals surface area contributed by atoms with E-state index in [0.29, 0.717) is 5.92 Å². The fraction of sp³-hybridized carbons (Fsp3) is 0.421. The molecular formula is C19H24ClN3O. The predicted octanol–water partition coefficient (Wildman–Crippen LogP) is 4.60. The van der Waals surface area contributed by atoms with Gasteiger partial charge in [-0.1, -0.05) is 6.08 Å². The Morgan fingerprint density at radius 3 is 2.83 bits per heavy atom. The summed E-state index contributed by atoms with van der Waals surface area (Å²) in [6.45, 7) is 3.79. The smallest absolute Gasteiger partial charge is 0.227 e. The molecule has 3 rings (SSSR count). The number of H-pyrrole nitrogens is 1. The molecule has 3 N–H and O–H groups in total. The zero-order valence-corrected chi connectivity index (χ0v) is 14.5. The van der Waals surface area contributed by atoms with Crippen LogP contribution >= 0.6 is 11.8 Å². The van der Waals surface area contributed by atoms with Crippen LogP contribution in [-0.4, -0.2) is 16.9 Å². The summed E-state index contributed by atoms with van der Waals surface area (Å²) in [6, 6.07) is 8.21. The molecule has 1 aliphatic rings. The Kier molecular flexibility index (Phi) is 5.59. The summed E-state index contributed by atoms with van der Waals surface area (Å²) in [7, 11) is 0. The van der Waals surface area contributed by atoms with Gasteiger partial charge in [0.1, 0.15) is 0 Å². The molecule has 1 aliphatic carbocycles. The number of hydrogen-bond donors (Lipinski definition) is 3. The Labute approximate surface area is 147 Å². The maximum absolute atomic E-state index is 12.5. The van der Waals surface area contributed by atoms with E-state index in [9.17, 15) is 4.79 Å². The van der Waals surface area contributed by atoms with Crippen molar-refractivity contribution < 1.29 is 4.79 Å². The number of rotatable bonds is 6. The van der Waals surface area contributed by atoms with Crippen LogP contribution in [0.2, 0.25) is 0 Å². The average molecular weight is 346 g/mol. The molecule has 1 fully saturated rings. The summed E-state index contributed by atoms with van der Waals surface area (Å²) in [4.78, 5) is 18.6. The molecule has 5 heteroatoms. The first-order valence-corrected chi connectivity index (χ1v) is 8.94. The Morgan fingerprint density at radius 1 is 1.33 bits per heavy atom. The quantitative estimate of drug-likeness (QED) is 0.529. The second kappa shape index (κ2) is 7.86. The topological polar surface area (TPSA) is 56.9 Å². The summed E-state index contributed by atoms with van der Waals surface area (Å²) < 4.78 is 0. The van der Waals surface area contributed by atoms with Gasteiger partial charge in [0.15, 0.2) is 0 Å². The van der Waals surface area contributed by atoms with Crippen molar-refractivity contribution in [1.29, 1.82) is 0 Å². The van der Waals surface area contributed by atoms with Crippen molar-refractivity contribution in [3.8, 4) is 0 Å². The Morgan fingerprint density at radius 2 is 2.12 bits per heavy atom. The SMILES string of the molecule is C=CCC(NCl)C1CCC(C(=O)Nc2ccc3[nH]ccc3c2)CC1. The lowest BCUT2D eigenvalue weighted by Gasteiger charge is -2.32. The van der Waals surface area contributed by atoms with Crippen LogP contribution in [0.1, 0.15) is 32.1 Å². The van der Waals surface area contributed by atoms with Gasteiger partial charge in [0.2, 0.25) is 5.91 Å². The van der Waals surface area contributed by atoms with Crippen LogP contribution in [0.3, 0.4) is 0 Å². The molecule has 0 aliphatic heterocycles. The summed E-state index contributed by atoms with van der Waals surface area (Å²) in [5.41, 5.74) is 1.94. The molecule has 0 bridgehead atoms. The number of amides is 1. The lowest BCUT2D eigenvalue weighted by molar-refractivity contribution is -0.121. The van der Waals surface area contributed by atoms with Crippen LogP contribution in [-0.2, 0) is 4.79 Å². The van der Waals surface area contributed by atoms with Crippen molar-refractivity contribution in [2.75, 3.05) is 5.32 Å². The Balaban J connectivity index is 1.55. The van der Waals surface area contributed by atoms with Crippen molar-refractivity contribution in [1.82, 2.24) is 9.82 Å². The Hall–Kier alpha value is -1.78. The standard InChI is InChI=1S/C19H24ClN3O/c1-2-3-18(23-20)13-4-6-14(7-5-13)19(24)22-16-8-9-17-15(12-16)10-11-21-17/h2,8-14,18,21,23H,1,3-7H2,(H,22,24). The first-order chi connectivity index (χ1) is 11.7. The normalized spacial score (nSPS) is 22.2. The van der Waals surface area contributed by atoms with Crippen molar-refractivity contribution in [2.45, 2.75) is 38.1 Å². The van der Waals surface area contributed by atoms with Gasteiger partial charge in [0.05, 0.1) is 0 Å². The second-order valence-corrected chi connectivity index (χ2v) is 6.84. The fourth-order valence-electron chi connectivity index (χ4n) is 3.66. The van der Waals surface area contributed by atoms with Gasteiger partial charge in [-0.25, -0.2) is 4.84 Å². The average Bonchev–Trinajstić information content (AvgIpc) is 3.07. The minimum Gasteiger partial charge on any atom is -0.361 e. The van der Waals surface area contributed by atoms with Crippen molar-refractivity contribution in [2.24, 2.45) is 11.8 Å². The lowest BCUT2D eigenvalue weighted by Crippen LogP contribution is -2.35. The van der Waals surface area contributed by atoms with Gasteiger partial charge in [-0.15, -0.1) is 6.58 Å². The van der Waals surface area contributed by atoms with Gasteiger partial charge in [-0.3, -0.25) is 4.79 Å². The first-order valence-electron chi connectivity index (χ1n) is 8.56. The molecule has 1 saturated carbocycles. The number of carbonyl (C=O) groups excluding carboxylic acids is 1. The molecule has 0 saturated heterocycles. The number of aromatic amines is 1. The zero-order chi connectivity index (χ0) is 16.9. The molecule has 1 unspecified atom stereocenters. The van der Waals surface area contributed by atoms with Gasteiger partial charge >= 0.3 is 0 Å². The van der Waals surface area contributed by atoms with Crippen LogP contribution in [0.25, 0.3) is 10.9 Å². The van der Waals surface area contributed by atoms with E-state index < -0.39 is 0 Å². The van der Waals surface area contributed by atoms with Gasteiger partial charge in [0.25, 0.3) is 0 Å². The van der Waals surface area contributed by atoms with Gasteiger partial charge in [0, 0.05) is 34.7 Å². The molecule has 1 aromatic carbocycles. The van der Waals surface area contributed by atoms with E-state index in [1.807, 2.05) is 36.5 Å². The lowest BCUT2D eigenvalue weighted by atomic mass is 9.77. The number of fused-ring (bicyclic) bond motifs is 1. The zero-order valence-electron chi connectivity index (χ0n) is 13.7.